The second-order valence-corrected chi connectivity index (χ2v) is 9.00. The molecule has 33 heavy (non-hydrogen) atoms. The third-order valence-corrected chi connectivity index (χ3v) is 5.65. The van der Waals surface area contributed by atoms with Gasteiger partial charge in [-0.3, -0.25) is 0 Å². The van der Waals surface area contributed by atoms with Gasteiger partial charge in [0.15, 0.2) is 0 Å². The second kappa shape index (κ2) is 8.66. The van der Waals surface area contributed by atoms with Crippen LogP contribution in [0.25, 0.3) is 11.3 Å². The number of anilines is 2. The van der Waals surface area contributed by atoms with E-state index in [1.54, 1.807) is 39.0 Å². The molecule has 2 N–H and O–H groups in total. The molecule has 3 aromatic rings. The number of benzene rings is 1. The summed E-state index contributed by atoms with van der Waals surface area (Å²) in [5.74, 6) is -1.99. The summed E-state index contributed by atoms with van der Waals surface area (Å²) in [6, 6.07) is 8.33. The fourth-order valence-corrected chi connectivity index (χ4v) is 3.72. The van der Waals surface area contributed by atoms with Gasteiger partial charge in [-0.1, -0.05) is 29.4 Å². The molecule has 1 aliphatic heterocycles. The van der Waals surface area contributed by atoms with E-state index in [0.29, 0.717) is 34.8 Å². The molecule has 3 heterocycles. The summed E-state index contributed by atoms with van der Waals surface area (Å²) in [4.78, 5) is 11.2. The quantitative estimate of drug-likeness (QED) is 0.565. The molecular formula is C23H28F2N6O2. The van der Waals surface area contributed by atoms with Crippen molar-refractivity contribution in [1.29, 1.82) is 0 Å². The Morgan fingerprint density at radius 2 is 1.73 bits per heavy atom. The highest BCUT2D eigenvalue weighted by Crippen LogP contribution is 2.30. The van der Waals surface area contributed by atoms with Crippen LogP contribution in [0.4, 0.5) is 20.7 Å². The molecule has 1 aliphatic rings. The smallest absolute Gasteiger partial charge is 0.318 e. The van der Waals surface area contributed by atoms with Crippen molar-refractivity contribution in [1.82, 2.24) is 20.2 Å². The standard InChI is InChI=1S/C23H28F2N6O2/c1-14-29-30-21(33-14)31-11-9-17(10-12-31)26-20-27-18(13-19(28-20)22(2,3)32)15-5-7-16(8-6-15)23(4,24)25/h5-8,13,17,32H,9-12H2,1-4H3,(H,26,27,28). The summed E-state index contributed by atoms with van der Waals surface area (Å²) in [6.45, 7) is 7.40. The molecule has 1 aromatic carbocycles. The molecule has 0 aliphatic carbocycles. The van der Waals surface area contributed by atoms with Crippen molar-refractivity contribution in [2.75, 3.05) is 23.3 Å². The molecule has 176 valence electrons. The molecular weight excluding hydrogens is 430 g/mol. The van der Waals surface area contributed by atoms with Crippen molar-refractivity contribution in [3.05, 3.63) is 47.5 Å². The van der Waals surface area contributed by atoms with Crippen molar-refractivity contribution in [2.24, 2.45) is 0 Å². The molecule has 4 rings (SSSR count). The largest absolute Gasteiger partial charge is 0.408 e. The Labute approximate surface area is 191 Å². The van der Waals surface area contributed by atoms with Crippen LogP contribution in [0.3, 0.4) is 0 Å². The first kappa shape index (κ1) is 23.0. The summed E-state index contributed by atoms with van der Waals surface area (Å²) in [5, 5.41) is 21.9. The number of piperidine rings is 1. The SMILES string of the molecule is Cc1nnc(N2CCC(Nc3nc(-c4ccc(C(C)(F)F)cc4)cc(C(C)(C)O)n3)CC2)o1. The van der Waals surface area contributed by atoms with Crippen LogP contribution < -0.4 is 10.2 Å². The van der Waals surface area contributed by atoms with Gasteiger partial charge in [-0.05, 0) is 32.8 Å². The molecule has 0 radical (unpaired) electrons. The van der Waals surface area contributed by atoms with Gasteiger partial charge in [-0.2, -0.15) is 0 Å². The van der Waals surface area contributed by atoms with E-state index in [2.05, 4.69) is 25.5 Å². The van der Waals surface area contributed by atoms with Crippen LogP contribution >= 0.6 is 0 Å². The van der Waals surface area contributed by atoms with E-state index in [4.69, 9.17) is 4.42 Å². The van der Waals surface area contributed by atoms with Gasteiger partial charge in [0.05, 0.1) is 11.4 Å². The molecule has 2 aromatic heterocycles. The van der Waals surface area contributed by atoms with Gasteiger partial charge in [0.2, 0.25) is 11.8 Å². The lowest BCUT2D eigenvalue weighted by molar-refractivity contribution is 0.0175. The molecule has 1 saturated heterocycles. The fourth-order valence-electron chi connectivity index (χ4n) is 3.72. The van der Waals surface area contributed by atoms with Crippen molar-refractivity contribution in [3.8, 4) is 11.3 Å². The van der Waals surface area contributed by atoms with Crippen LogP contribution in [0.5, 0.6) is 0 Å². The molecule has 0 saturated carbocycles. The highest BCUT2D eigenvalue weighted by Gasteiger charge is 2.26. The lowest BCUT2D eigenvalue weighted by atomic mass is 10.0. The first-order chi connectivity index (χ1) is 15.5. The van der Waals surface area contributed by atoms with Crippen LogP contribution in [-0.4, -0.2) is 44.4 Å². The molecule has 0 atom stereocenters. The maximum absolute atomic E-state index is 13.6. The zero-order chi connectivity index (χ0) is 23.8. The molecule has 8 nitrogen and oxygen atoms in total. The maximum Gasteiger partial charge on any atom is 0.318 e. The lowest BCUT2D eigenvalue weighted by Gasteiger charge is -2.31. The lowest BCUT2D eigenvalue weighted by Crippen LogP contribution is -2.39. The van der Waals surface area contributed by atoms with E-state index in [-0.39, 0.29) is 11.6 Å². The Hall–Kier alpha value is -3.14. The molecule has 0 unspecified atom stereocenters. The Balaban J connectivity index is 1.53. The van der Waals surface area contributed by atoms with E-state index in [1.807, 2.05) is 4.90 Å². The maximum atomic E-state index is 13.6. The number of rotatable bonds is 6. The Bertz CT molecular complexity index is 1100. The second-order valence-electron chi connectivity index (χ2n) is 9.00. The van der Waals surface area contributed by atoms with Crippen LogP contribution in [0, 0.1) is 6.92 Å². The predicted octanol–water partition coefficient (Wildman–Crippen LogP) is 4.26. The van der Waals surface area contributed by atoms with Crippen molar-refractivity contribution in [3.63, 3.8) is 0 Å². The summed E-state index contributed by atoms with van der Waals surface area (Å²) in [5.41, 5.74) is 0.405. The zero-order valence-corrected chi connectivity index (χ0v) is 19.1. The minimum absolute atomic E-state index is 0.0652. The number of hydrogen-bond donors (Lipinski definition) is 2. The number of aliphatic hydroxyl groups is 1. The van der Waals surface area contributed by atoms with Gasteiger partial charge < -0.3 is 19.7 Å². The van der Waals surface area contributed by atoms with E-state index in [1.165, 1.54) is 12.1 Å². The fraction of sp³-hybridized carbons (Fsp3) is 0.478. The van der Waals surface area contributed by atoms with E-state index >= 15 is 0 Å². The molecule has 0 spiro atoms. The number of nitrogens with zero attached hydrogens (tertiary/aromatic N) is 5. The number of aryl methyl sites for hydroxylation is 1. The van der Waals surface area contributed by atoms with Crippen LogP contribution in [0.15, 0.2) is 34.7 Å². The Morgan fingerprint density at radius 3 is 2.27 bits per heavy atom. The first-order valence-corrected chi connectivity index (χ1v) is 10.9. The molecule has 10 heteroatoms. The van der Waals surface area contributed by atoms with Crippen molar-refractivity contribution in [2.45, 2.75) is 58.1 Å². The minimum Gasteiger partial charge on any atom is -0.408 e. The average Bonchev–Trinajstić information content (AvgIpc) is 3.19. The van der Waals surface area contributed by atoms with Gasteiger partial charge in [-0.25, -0.2) is 18.7 Å². The van der Waals surface area contributed by atoms with Crippen LogP contribution in [0.1, 0.15) is 50.8 Å². The van der Waals surface area contributed by atoms with E-state index in [9.17, 15) is 13.9 Å². The summed E-state index contributed by atoms with van der Waals surface area (Å²) >= 11 is 0. The third-order valence-electron chi connectivity index (χ3n) is 5.65. The zero-order valence-electron chi connectivity index (χ0n) is 19.1. The minimum atomic E-state index is -2.91. The number of aromatic nitrogens is 4. The summed E-state index contributed by atoms with van der Waals surface area (Å²) in [6.07, 6.45) is 1.63. The summed E-state index contributed by atoms with van der Waals surface area (Å²) < 4.78 is 32.7. The highest BCUT2D eigenvalue weighted by molar-refractivity contribution is 5.62. The predicted molar refractivity (Wildman–Crippen MR) is 120 cm³/mol. The van der Waals surface area contributed by atoms with Gasteiger partial charge in [0.1, 0.15) is 5.60 Å². The average molecular weight is 459 g/mol. The normalized spacial score (nSPS) is 15.7. The van der Waals surface area contributed by atoms with Gasteiger partial charge in [0.25, 0.3) is 5.92 Å². The number of alkyl halides is 2. The monoisotopic (exact) mass is 458 g/mol. The van der Waals surface area contributed by atoms with Gasteiger partial charge in [0, 0.05) is 44.1 Å². The molecule has 0 bridgehead atoms. The summed E-state index contributed by atoms with van der Waals surface area (Å²) in [7, 11) is 0. The van der Waals surface area contributed by atoms with Crippen molar-refractivity contribution >= 4 is 12.0 Å². The Kier molecular flexibility index (Phi) is 6.04. The van der Waals surface area contributed by atoms with E-state index < -0.39 is 11.5 Å². The highest BCUT2D eigenvalue weighted by atomic mass is 19.3. The van der Waals surface area contributed by atoms with E-state index in [0.717, 1.165) is 32.9 Å². The number of nitrogens with one attached hydrogen (secondary N) is 1. The number of hydrogen-bond acceptors (Lipinski definition) is 8. The van der Waals surface area contributed by atoms with Crippen LogP contribution in [0.2, 0.25) is 0 Å². The Morgan fingerprint density at radius 1 is 1.06 bits per heavy atom. The third kappa shape index (κ3) is 5.44. The first-order valence-electron chi connectivity index (χ1n) is 10.9. The van der Waals surface area contributed by atoms with Gasteiger partial charge in [-0.15, -0.1) is 5.10 Å². The van der Waals surface area contributed by atoms with Crippen molar-refractivity contribution < 1.29 is 18.3 Å². The topological polar surface area (TPSA) is 100 Å². The molecule has 1 fully saturated rings. The van der Waals surface area contributed by atoms with Crippen LogP contribution in [-0.2, 0) is 11.5 Å². The number of halogens is 2. The molecule has 0 amide bonds. The van der Waals surface area contributed by atoms with Gasteiger partial charge >= 0.3 is 6.01 Å².